The first-order valence-electron chi connectivity index (χ1n) is 10.9. The molecule has 0 spiro atoms. The van der Waals surface area contributed by atoms with Crippen LogP contribution in [0.4, 0.5) is 4.39 Å². The Hall–Kier alpha value is -2.33. The van der Waals surface area contributed by atoms with Gasteiger partial charge < -0.3 is 19.4 Å². The highest BCUT2D eigenvalue weighted by Gasteiger charge is 2.41. The zero-order valence-corrected chi connectivity index (χ0v) is 20.3. The maximum Gasteiger partial charge on any atom is 0.170 e. The fourth-order valence-corrected chi connectivity index (χ4v) is 5.25. The zero-order valence-electron chi connectivity index (χ0n) is 17.9. The zero-order chi connectivity index (χ0) is 22.8. The lowest BCUT2D eigenvalue weighted by Crippen LogP contribution is -2.42. The Morgan fingerprint density at radius 2 is 1.97 bits per heavy atom. The minimum Gasteiger partial charge on any atom is -0.459 e. The number of morpholine rings is 1. The van der Waals surface area contributed by atoms with Crippen molar-refractivity contribution in [3.63, 3.8) is 0 Å². The molecule has 172 valence electrons. The van der Waals surface area contributed by atoms with Crippen molar-refractivity contribution in [2.45, 2.75) is 12.1 Å². The van der Waals surface area contributed by atoms with Crippen LogP contribution in [0.25, 0.3) is 11.3 Å². The van der Waals surface area contributed by atoms with E-state index in [1.807, 2.05) is 30.3 Å². The van der Waals surface area contributed by atoms with Crippen LogP contribution in [0.1, 0.15) is 23.5 Å². The van der Waals surface area contributed by atoms with E-state index in [0.29, 0.717) is 15.3 Å². The van der Waals surface area contributed by atoms with Crippen LogP contribution in [-0.4, -0.2) is 59.3 Å². The third kappa shape index (κ3) is 4.82. The lowest BCUT2D eigenvalue weighted by molar-refractivity contribution is 0.0347. The SMILES string of the molecule is Fc1ccc(-c2ccc([C@H]3[C@@H](c4ccccn4)NC(=S)N3CCN3CCOCC3)o2)c(Br)c1. The summed E-state index contributed by atoms with van der Waals surface area (Å²) in [5.41, 5.74) is 1.70. The summed E-state index contributed by atoms with van der Waals surface area (Å²) in [6.07, 6.45) is 1.79. The Balaban J connectivity index is 1.45. The van der Waals surface area contributed by atoms with Gasteiger partial charge >= 0.3 is 0 Å². The average Bonchev–Trinajstić information content (AvgIpc) is 3.43. The minimum atomic E-state index is -0.299. The highest BCUT2D eigenvalue weighted by molar-refractivity contribution is 9.10. The van der Waals surface area contributed by atoms with Crippen molar-refractivity contribution in [1.29, 1.82) is 0 Å². The number of nitrogens with one attached hydrogen (secondary N) is 1. The summed E-state index contributed by atoms with van der Waals surface area (Å²) in [7, 11) is 0. The number of aromatic nitrogens is 1. The molecule has 0 radical (unpaired) electrons. The van der Waals surface area contributed by atoms with E-state index in [4.69, 9.17) is 21.4 Å². The molecule has 2 fully saturated rings. The first-order valence-corrected chi connectivity index (χ1v) is 12.1. The molecular weight excluding hydrogens is 507 g/mol. The first-order chi connectivity index (χ1) is 16.1. The highest BCUT2D eigenvalue weighted by Crippen LogP contribution is 2.41. The van der Waals surface area contributed by atoms with Crippen LogP contribution >= 0.6 is 28.1 Å². The second-order valence-electron chi connectivity index (χ2n) is 8.10. The van der Waals surface area contributed by atoms with E-state index in [9.17, 15) is 4.39 Å². The quantitative estimate of drug-likeness (QED) is 0.469. The standard InChI is InChI=1S/C24H24BrFN4O2S/c25-18-15-16(26)4-5-17(18)20-6-7-21(32-20)23-22(19-3-1-2-8-27-19)28-24(33)30(23)10-9-29-11-13-31-14-12-29/h1-8,15,22-23H,9-14H2,(H,28,33)/t22-,23+/m1/s1. The number of pyridine rings is 1. The smallest absolute Gasteiger partial charge is 0.170 e. The predicted molar refractivity (Wildman–Crippen MR) is 131 cm³/mol. The molecule has 1 N–H and O–H groups in total. The van der Waals surface area contributed by atoms with Gasteiger partial charge in [-0.25, -0.2) is 4.39 Å². The third-order valence-corrected chi connectivity index (χ3v) is 7.08. The number of nitrogens with zero attached hydrogens (tertiary/aromatic N) is 3. The van der Waals surface area contributed by atoms with Crippen molar-refractivity contribution >= 4 is 33.3 Å². The molecule has 6 nitrogen and oxygen atoms in total. The van der Waals surface area contributed by atoms with Crippen LogP contribution in [0.15, 0.2) is 63.6 Å². The number of benzene rings is 1. The molecule has 33 heavy (non-hydrogen) atoms. The van der Waals surface area contributed by atoms with Crippen molar-refractivity contribution in [3.8, 4) is 11.3 Å². The van der Waals surface area contributed by atoms with Crippen LogP contribution in [0, 0.1) is 5.82 Å². The van der Waals surface area contributed by atoms with Gasteiger partial charge in [0.25, 0.3) is 0 Å². The summed E-state index contributed by atoms with van der Waals surface area (Å²) in [6.45, 7) is 5.01. The van der Waals surface area contributed by atoms with Crippen molar-refractivity contribution in [1.82, 2.24) is 20.1 Å². The van der Waals surface area contributed by atoms with Crippen molar-refractivity contribution < 1.29 is 13.5 Å². The van der Waals surface area contributed by atoms with Gasteiger partial charge in [0, 0.05) is 42.4 Å². The molecule has 3 aromatic rings. The van der Waals surface area contributed by atoms with E-state index in [0.717, 1.165) is 56.4 Å². The van der Waals surface area contributed by atoms with E-state index < -0.39 is 0 Å². The molecule has 0 amide bonds. The molecule has 9 heteroatoms. The van der Waals surface area contributed by atoms with E-state index >= 15 is 0 Å². The van der Waals surface area contributed by atoms with Crippen molar-refractivity contribution in [3.05, 3.63) is 76.5 Å². The van der Waals surface area contributed by atoms with Crippen LogP contribution < -0.4 is 5.32 Å². The minimum absolute atomic E-state index is 0.140. The van der Waals surface area contributed by atoms with Gasteiger partial charge in [-0.2, -0.15) is 0 Å². The van der Waals surface area contributed by atoms with E-state index in [2.05, 4.69) is 36.0 Å². The number of ether oxygens (including phenoxy) is 1. The van der Waals surface area contributed by atoms with Crippen LogP contribution in [-0.2, 0) is 4.74 Å². The van der Waals surface area contributed by atoms with Gasteiger partial charge in [-0.05, 0) is 70.6 Å². The lowest BCUT2D eigenvalue weighted by Gasteiger charge is -2.31. The second kappa shape index (κ2) is 9.89. The summed E-state index contributed by atoms with van der Waals surface area (Å²) in [4.78, 5) is 9.15. The maximum absolute atomic E-state index is 13.6. The van der Waals surface area contributed by atoms with Crippen molar-refractivity contribution in [2.75, 3.05) is 39.4 Å². The average molecular weight is 531 g/mol. The Labute approximate surface area is 205 Å². The molecule has 0 saturated carbocycles. The largest absolute Gasteiger partial charge is 0.459 e. The molecule has 5 rings (SSSR count). The van der Waals surface area contributed by atoms with Crippen LogP contribution in [0.2, 0.25) is 0 Å². The summed E-state index contributed by atoms with van der Waals surface area (Å²) >= 11 is 9.20. The summed E-state index contributed by atoms with van der Waals surface area (Å²) in [5.74, 6) is 1.15. The number of thiocarbonyl (C=S) groups is 1. The highest BCUT2D eigenvalue weighted by atomic mass is 79.9. The van der Waals surface area contributed by atoms with E-state index in [1.54, 1.807) is 12.3 Å². The first kappa shape index (κ1) is 22.5. The van der Waals surface area contributed by atoms with Gasteiger partial charge in [0.15, 0.2) is 5.11 Å². The van der Waals surface area contributed by atoms with E-state index in [-0.39, 0.29) is 17.9 Å². The monoisotopic (exact) mass is 530 g/mol. The van der Waals surface area contributed by atoms with Gasteiger partial charge in [0.05, 0.1) is 24.9 Å². The van der Waals surface area contributed by atoms with Crippen molar-refractivity contribution in [2.24, 2.45) is 0 Å². The van der Waals surface area contributed by atoms with Crippen LogP contribution in [0.5, 0.6) is 0 Å². The molecule has 0 aliphatic carbocycles. The number of rotatable bonds is 6. The van der Waals surface area contributed by atoms with E-state index in [1.165, 1.54) is 12.1 Å². The molecule has 0 unspecified atom stereocenters. The summed E-state index contributed by atoms with van der Waals surface area (Å²) in [6, 6.07) is 14.1. The molecule has 1 aromatic carbocycles. The fraction of sp³-hybridized carbons (Fsp3) is 0.333. The molecule has 2 aromatic heterocycles. The Morgan fingerprint density at radius 3 is 2.73 bits per heavy atom. The Bertz CT molecular complexity index is 1120. The Morgan fingerprint density at radius 1 is 1.12 bits per heavy atom. The summed E-state index contributed by atoms with van der Waals surface area (Å²) < 4.78 is 26.0. The molecule has 2 saturated heterocycles. The van der Waals surface area contributed by atoms with Gasteiger partial charge in [-0.3, -0.25) is 9.88 Å². The molecule has 2 aliphatic heterocycles. The molecule has 0 bridgehead atoms. The van der Waals surface area contributed by atoms with Crippen LogP contribution in [0.3, 0.4) is 0 Å². The van der Waals surface area contributed by atoms with Gasteiger partial charge in [0.1, 0.15) is 23.4 Å². The molecular formula is C24H24BrFN4O2S. The second-order valence-corrected chi connectivity index (χ2v) is 9.34. The maximum atomic E-state index is 13.6. The van der Waals surface area contributed by atoms with Gasteiger partial charge in [-0.1, -0.05) is 6.07 Å². The number of halogens is 2. The van der Waals surface area contributed by atoms with Gasteiger partial charge in [-0.15, -0.1) is 0 Å². The topological polar surface area (TPSA) is 53.8 Å². The third-order valence-electron chi connectivity index (χ3n) is 6.07. The molecule has 2 atom stereocenters. The molecule has 2 aliphatic rings. The lowest BCUT2D eigenvalue weighted by atomic mass is 10.0. The number of hydrogen-bond donors (Lipinski definition) is 1. The number of hydrogen-bond acceptors (Lipinski definition) is 5. The number of furan rings is 1. The fourth-order valence-electron chi connectivity index (χ4n) is 4.38. The normalized spacial score (nSPS) is 21.4. The summed E-state index contributed by atoms with van der Waals surface area (Å²) in [5, 5.41) is 4.14. The van der Waals surface area contributed by atoms with Gasteiger partial charge in [0.2, 0.25) is 0 Å². The Kier molecular flexibility index (Phi) is 6.73. The molecule has 4 heterocycles. The predicted octanol–water partition coefficient (Wildman–Crippen LogP) is 4.55.